The second-order valence-corrected chi connectivity index (χ2v) is 2.08. The molecular formula is C8H7O. The molecule has 0 unspecified atom stereocenters. The molecule has 0 N–H and O–H groups in total. The van der Waals surface area contributed by atoms with Crippen molar-refractivity contribution in [1.29, 1.82) is 0 Å². The molecule has 45 valence electrons. The summed E-state index contributed by atoms with van der Waals surface area (Å²) < 4.78 is 0. The zero-order chi connectivity index (χ0) is 6.69. The smallest absolute Gasteiger partial charge is 0.128 e. The minimum atomic E-state index is 0.620. The molecule has 1 nitrogen and oxygen atoms in total. The first-order chi connectivity index (χ1) is 4.33. The van der Waals surface area contributed by atoms with E-state index in [0.717, 1.165) is 0 Å². The van der Waals surface area contributed by atoms with Crippen LogP contribution in [0, 0.1) is 6.08 Å². The van der Waals surface area contributed by atoms with Gasteiger partial charge in [-0.15, -0.1) is 0 Å². The van der Waals surface area contributed by atoms with Gasteiger partial charge in [-0.05, 0) is 13.0 Å². The van der Waals surface area contributed by atoms with Crippen molar-refractivity contribution in [3.63, 3.8) is 0 Å². The molecule has 9 heavy (non-hydrogen) atoms. The van der Waals surface area contributed by atoms with E-state index in [1.54, 1.807) is 6.08 Å². The predicted octanol–water partition coefficient (Wildman–Crippen LogP) is 1.45. The normalized spacial score (nSPS) is 17.0. The van der Waals surface area contributed by atoms with Gasteiger partial charge in [0.15, 0.2) is 0 Å². The van der Waals surface area contributed by atoms with Crippen molar-refractivity contribution in [3.8, 4) is 0 Å². The SMILES string of the molecule is CC1=CC=[C]C(=C=O)C1. The monoisotopic (exact) mass is 119 g/mol. The highest BCUT2D eigenvalue weighted by atomic mass is 16.1. The molecule has 0 bridgehead atoms. The van der Waals surface area contributed by atoms with Crippen molar-refractivity contribution >= 4 is 5.94 Å². The van der Waals surface area contributed by atoms with Gasteiger partial charge in [0.2, 0.25) is 0 Å². The highest BCUT2D eigenvalue weighted by Gasteiger charge is 1.98. The Morgan fingerprint density at radius 1 is 1.78 bits per heavy atom. The molecule has 0 aromatic rings. The van der Waals surface area contributed by atoms with Gasteiger partial charge < -0.3 is 0 Å². The molecule has 1 aliphatic rings. The van der Waals surface area contributed by atoms with Gasteiger partial charge in [-0.1, -0.05) is 17.7 Å². The number of carbonyl (C=O) groups excluding carboxylic acids is 1. The van der Waals surface area contributed by atoms with Gasteiger partial charge in [-0.25, -0.2) is 4.79 Å². The fourth-order valence-corrected chi connectivity index (χ4v) is 0.739. The molecule has 1 aliphatic carbocycles. The summed E-state index contributed by atoms with van der Waals surface area (Å²) in [6.45, 7) is 1.98. The number of allylic oxidation sites excluding steroid dienone is 5. The second kappa shape index (κ2) is 2.47. The van der Waals surface area contributed by atoms with Gasteiger partial charge in [0.1, 0.15) is 5.94 Å². The minimum absolute atomic E-state index is 0.620. The summed E-state index contributed by atoms with van der Waals surface area (Å²) in [6, 6.07) is 0. The minimum Gasteiger partial charge on any atom is -0.233 e. The highest BCUT2D eigenvalue weighted by Crippen LogP contribution is 2.12. The Morgan fingerprint density at radius 3 is 3.00 bits per heavy atom. The quantitative estimate of drug-likeness (QED) is 0.441. The summed E-state index contributed by atoms with van der Waals surface area (Å²) in [6.07, 6.45) is 7.19. The standard InChI is InChI=1S/C8H7O/c1-7-3-2-4-8(5-7)6-9/h2-3H,5H2,1H3. The van der Waals surface area contributed by atoms with E-state index in [2.05, 4.69) is 6.08 Å². The average Bonchev–Trinajstić information content (AvgIpc) is 1.88. The van der Waals surface area contributed by atoms with Gasteiger partial charge in [-0.3, -0.25) is 0 Å². The summed E-state index contributed by atoms with van der Waals surface area (Å²) in [5, 5.41) is 0. The lowest BCUT2D eigenvalue weighted by Crippen LogP contribution is -1.87. The van der Waals surface area contributed by atoms with Gasteiger partial charge in [0, 0.05) is 12.0 Å². The van der Waals surface area contributed by atoms with Crippen LogP contribution in [-0.4, -0.2) is 5.94 Å². The van der Waals surface area contributed by atoms with Crippen LogP contribution in [0.25, 0.3) is 0 Å². The molecule has 1 radical (unpaired) electrons. The van der Waals surface area contributed by atoms with Crippen LogP contribution in [0.3, 0.4) is 0 Å². The maximum atomic E-state index is 10.0. The molecule has 1 heteroatoms. The molecule has 0 aliphatic heterocycles. The van der Waals surface area contributed by atoms with Crippen molar-refractivity contribution in [3.05, 3.63) is 29.4 Å². The second-order valence-electron chi connectivity index (χ2n) is 2.08. The van der Waals surface area contributed by atoms with Crippen LogP contribution in [0.15, 0.2) is 23.3 Å². The molecule has 0 saturated heterocycles. The molecule has 0 aromatic heterocycles. The fraction of sp³-hybridized carbons (Fsp3) is 0.250. The molecule has 0 amide bonds. The van der Waals surface area contributed by atoms with Crippen LogP contribution in [0.4, 0.5) is 0 Å². The molecule has 0 fully saturated rings. The Bertz CT molecular complexity index is 215. The first-order valence-electron chi connectivity index (χ1n) is 2.82. The van der Waals surface area contributed by atoms with Crippen molar-refractivity contribution in [2.45, 2.75) is 13.3 Å². The third-order valence-corrected chi connectivity index (χ3v) is 1.20. The van der Waals surface area contributed by atoms with Crippen molar-refractivity contribution < 1.29 is 4.79 Å². The van der Waals surface area contributed by atoms with Gasteiger partial charge in [0.05, 0.1) is 0 Å². The van der Waals surface area contributed by atoms with Gasteiger partial charge >= 0.3 is 0 Å². The largest absolute Gasteiger partial charge is 0.233 e. The number of hydrogen-bond acceptors (Lipinski definition) is 1. The van der Waals surface area contributed by atoms with E-state index >= 15 is 0 Å². The predicted molar refractivity (Wildman–Crippen MR) is 35.4 cm³/mol. The molecular weight excluding hydrogens is 112 g/mol. The van der Waals surface area contributed by atoms with Gasteiger partial charge in [0.25, 0.3) is 0 Å². The number of hydrogen-bond donors (Lipinski definition) is 0. The third-order valence-electron chi connectivity index (χ3n) is 1.20. The molecule has 0 saturated carbocycles. The number of rotatable bonds is 0. The Balaban J connectivity index is 2.85. The van der Waals surface area contributed by atoms with Gasteiger partial charge in [-0.2, -0.15) is 0 Å². The Labute approximate surface area is 54.4 Å². The van der Waals surface area contributed by atoms with Crippen LogP contribution >= 0.6 is 0 Å². The Morgan fingerprint density at radius 2 is 2.56 bits per heavy atom. The Kier molecular flexibility index (Phi) is 1.66. The third kappa shape index (κ3) is 1.41. The van der Waals surface area contributed by atoms with Crippen molar-refractivity contribution in [2.75, 3.05) is 0 Å². The summed E-state index contributed by atoms with van der Waals surface area (Å²) in [5.41, 5.74) is 1.81. The highest BCUT2D eigenvalue weighted by molar-refractivity contribution is 5.57. The van der Waals surface area contributed by atoms with E-state index in [1.165, 1.54) is 5.57 Å². The fourth-order valence-electron chi connectivity index (χ4n) is 0.739. The van der Waals surface area contributed by atoms with E-state index in [1.807, 2.05) is 18.9 Å². The summed E-state index contributed by atoms with van der Waals surface area (Å²) in [5.74, 6) is 1.82. The Hall–Kier alpha value is -1.07. The average molecular weight is 119 g/mol. The van der Waals surface area contributed by atoms with Crippen LogP contribution in [0.2, 0.25) is 0 Å². The summed E-state index contributed by atoms with van der Waals surface area (Å²) in [4.78, 5) is 10.0. The lowest BCUT2D eigenvalue weighted by Gasteiger charge is -2.00. The van der Waals surface area contributed by atoms with E-state index < -0.39 is 0 Å². The maximum absolute atomic E-state index is 10.0. The van der Waals surface area contributed by atoms with E-state index in [4.69, 9.17) is 0 Å². The first-order valence-corrected chi connectivity index (χ1v) is 2.82. The summed E-state index contributed by atoms with van der Waals surface area (Å²) in [7, 11) is 0. The van der Waals surface area contributed by atoms with E-state index in [9.17, 15) is 4.79 Å². The lowest BCUT2D eigenvalue weighted by molar-refractivity contribution is 0.567. The molecule has 1 rings (SSSR count). The lowest BCUT2D eigenvalue weighted by atomic mass is 10.0. The van der Waals surface area contributed by atoms with Crippen LogP contribution in [0.1, 0.15) is 13.3 Å². The molecule has 0 heterocycles. The van der Waals surface area contributed by atoms with Crippen molar-refractivity contribution in [1.82, 2.24) is 0 Å². The first kappa shape index (κ1) is 6.06. The van der Waals surface area contributed by atoms with E-state index in [0.29, 0.717) is 12.0 Å². The summed E-state index contributed by atoms with van der Waals surface area (Å²) >= 11 is 0. The molecule has 0 atom stereocenters. The maximum Gasteiger partial charge on any atom is 0.128 e. The zero-order valence-electron chi connectivity index (χ0n) is 5.27. The molecule has 0 spiro atoms. The van der Waals surface area contributed by atoms with Crippen LogP contribution in [-0.2, 0) is 4.79 Å². The molecule has 0 aromatic carbocycles. The topological polar surface area (TPSA) is 17.1 Å². The van der Waals surface area contributed by atoms with Crippen LogP contribution < -0.4 is 0 Å². The van der Waals surface area contributed by atoms with Crippen LogP contribution in [0.5, 0.6) is 0 Å². The van der Waals surface area contributed by atoms with Crippen molar-refractivity contribution in [2.24, 2.45) is 0 Å². The zero-order valence-corrected chi connectivity index (χ0v) is 5.27. The van der Waals surface area contributed by atoms with E-state index in [-0.39, 0.29) is 0 Å².